The van der Waals surface area contributed by atoms with Crippen molar-refractivity contribution in [3.63, 3.8) is 0 Å². The average Bonchev–Trinajstić information content (AvgIpc) is 1.99. The molecule has 0 aromatic carbocycles. The Bertz CT molecular complexity index is 68.8. The van der Waals surface area contributed by atoms with Gasteiger partial charge < -0.3 is 0 Å². The first-order chi connectivity index (χ1) is 4.85. The van der Waals surface area contributed by atoms with Crippen molar-refractivity contribution >= 4 is 15.9 Å². The van der Waals surface area contributed by atoms with Gasteiger partial charge in [-0.2, -0.15) is 0 Å². The summed E-state index contributed by atoms with van der Waals surface area (Å²) in [5.41, 5.74) is 0. The summed E-state index contributed by atoms with van der Waals surface area (Å²) in [7, 11) is 3.49. The molecule has 0 radical (unpaired) electrons. The first-order valence-corrected chi connectivity index (χ1v) is 6.85. The molecule has 0 aliphatic heterocycles. The number of alkyl halides is 1. The van der Waals surface area contributed by atoms with E-state index in [2.05, 4.69) is 15.9 Å². The number of hydrogen-bond acceptors (Lipinski definition) is 2. The van der Waals surface area contributed by atoms with E-state index in [-0.39, 0.29) is 0 Å². The van der Waals surface area contributed by atoms with E-state index >= 15 is 0 Å². The minimum atomic E-state index is -1.49. The molecule has 2 nitrogen and oxygen atoms in total. The quantitative estimate of drug-likeness (QED) is 0.406. The van der Waals surface area contributed by atoms with Gasteiger partial charge in [0.15, 0.2) is 0 Å². The van der Waals surface area contributed by atoms with Crippen LogP contribution in [-0.4, -0.2) is 19.5 Å². The Morgan fingerprint density at radius 1 is 1.20 bits per heavy atom. The summed E-state index contributed by atoms with van der Waals surface area (Å²) in [6.07, 6.45) is 2.45. The Hall–Kier alpha value is 1.11. The molecule has 0 aliphatic carbocycles. The average molecular weight is 246 g/mol. The second-order valence-electron chi connectivity index (χ2n) is 1.93. The standard InChI is InChI=1S/C4H8Br.2CH3O.Ti/c1-2-3-4-5;2*1-2;/h1-4H2;2*1H3;/q;2*-1;+2. The van der Waals surface area contributed by atoms with Crippen molar-refractivity contribution in [2.24, 2.45) is 0 Å². The van der Waals surface area contributed by atoms with Gasteiger partial charge in [-0.3, -0.25) is 0 Å². The third-order valence-corrected chi connectivity index (χ3v) is 4.39. The van der Waals surface area contributed by atoms with Crippen molar-refractivity contribution in [2.75, 3.05) is 19.5 Å². The Labute approximate surface area is 78.2 Å². The number of hydrogen-bond donors (Lipinski definition) is 0. The number of unbranched alkanes of at least 4 members (excludes halogenated alkanes) is 1. The van der Waals surface area contributed by atoms with Crippen LogP contribution in [0.15, 0.2) is 0 Å². The van der Waals surface area contributed by atoms with E-state index < -0.39 is 18.6 Å². The second kappa shape index (κ2) is 8.21. The van der Waals surface area contributed by atoms with E-state index in [9.17, 15) is 0 Å². The van der Waals surface area contributed by atoms with Crippen LogP contribution in [0.4, 0.5) is 0 Å². The molecule has 0 N–H and O–H groups in total. The Morgan fingerprint density at radius 3 is 2.20 bits per heavy atom. The van der Waals surface area contributed by atoms with Crippen LogP contribution in [0.1, 0.15) is 12.8 Å². The summed E-state index contributed by atoms with van der Waals surface area (Å²) in [5, 5.41) is 1.09. The molecule has 10 heavy (non-hydrogen) atoms. The van der Waals surface area contributed by atoms with E-state index in [0.717, 1.165) is 10.1 Å². The van der Waals surface area contributed by atoms with Gasteiger partial charge >= 0.3 is 78.3 Å². The fraction of sp³-hybridized carbons (Fsp3) is 1.00. The Morgan fingerprint density at radius 2 is 1.80 bits per heavy atom. The van der Waals surface area contributed by atoms with Crippen LogP contribution < -0.4 is 0 Å². The van der Waals surface area contributed by atoms with Crippen LogP contribution in [0.25, 0.3) is 0 Å². The molecule has 0 aliphatic rings. The molecule has 0 aromatic rings. The minimum absolute atomic E-state index is 1.09. The van der Waals surface area contributed by atoms with Crippen molar-refractivity contribution in [1.29, 1.82) is 0 Å². The molecule has 4 heteroatoms. The summed E-state index contributed by atoms with van der Waals surface area (Å²) >= 11 is 1.89. The van der Waals surface area contributed by atoms with E-state index in [4.69, 9.17) is 6.64 Å². The molecule has 61 valence electrons. The van der Waals surface area contributed by atoms with Gasteiger partial charge in [0, 0.05) is 0 Å². The van der Waals surface area contributed by atoms with Gasteiger partial charge in [0.1, 0.15) is 0 Å². The molecule has 0 atom stereocenters. The first kappa shape index (κ1) is 11.1. The summed E-state index contributed by atoms with van der Waals surface area (Å²) in [6, 6.07) is 0. The Balaban J connectivity index is 3.09. The molecular formula is C6H14BrO2Ti. The SMILES string of the molecule is C[O][Ti]([CH2]CCCBr)[O]C. The summed E-state index contributed by atoms with van der Waals surface area (Å²) < 4.78 is 11.5. The molecule has 0 unspecified atom stereocenters. The molecule has 0 saturated heterocycles. The summed E-state index contributed by atoms with van der Waals surface area (Å²) in [6.45, 7) is 0. The third-order valence-electron chi connectivity index (χ3n) is 1.22. The van der Waals surface area contributed by atoms with Gasteiger partial charge in [-0.25, -0.2) is 0 Å². The second-order valence-corrected chi connectivity index (χ2v) is 5.94. The zero-order chi connectivity index (χ0) is 7.82. The van der Waals surface area contributed by atoms with Crippen molar-refractivity contribution < 1.29 is 25.3 Å². The van der Waals surface area contributed by atoms with Gasteiger partial charge in [0.05, 0.1) is 0 Å². The van der Waals surface area contributed by atoms with Crippen molar-refractivity contribution in [1.82, 2.24) is 0 Å². The molecule has 0 aromatic heterocycles. The first-order valence-electron chi connectivity index (χ1n) is 3.35. The maximum absolute atomic E-state index is 5.18. The van der Waals surface area contributed by atoms with Crippen LogP contribution in [0, 0.1) is 0 Å². The van der Waals surface area contributed by atoms with Crippen LogP contribution >= 0.6 is 15.9 Å². The molecule has 0 fully saturated rings. The van der Waals surface area contributed by atoms with Crippen LogP contribution in [-0.2, 0) is 25.3 Å². The predicted octanol–water partition coefficient (Wildman–Crippen LogP) is 2.32. The Kier molecular flexibility index (Phi) is 9.13. The van der Waals surface area contributed by atoms with Crippen molar-refractivity contribution in [3.05, 3.63) is 0 Å². The van der Waals surface area contributed by atoms with Crippen molar-refractivity contribution in [3.8, 4) is 0 Å². The third kappa shape index (κ3) is 5.87. The van der Waals surface area contributed by atoms with E-state index in [1.165, 1.54) is 12.8 Å². The van der Waals surface area contributed by atoms with Crippen LogP contribution in [0.2, 0.25) is 4.73 Å². The predicted molar refractivity (Wildman–Crippen MR) is 41.9 cm³/mol. The number of rotatable bonds is 6. The fourth-order valence-corrected chi connectivity index (χ4v) is 2.79. The topological polar surface area (TPSA) is 18.5 Å². The van der Waals surface area contributed by atoms with Gasteiger partial charge in [-0.15, -0.1) is 0 Å². The molecule has 0 saturated carbocycles. The summed E-state index contributed by atoms with van der Waals surface area (Å²) in [5.74, 6) is 0. The zero-order valence-electron chi connectivity index (χ0n) is 6.52. The van der Waals surface area contributed by atoms with Crippen LogP contribution in [0.5, 0.6) is 0 Å². The molecule has 0 bridgehead atoms. The van der Waals surface area contributed by atoms with E-state index in [1.807, 2.05) is 0 Å². The molecule has 0 amide bonds. The summed E-state index contributed by atoms with van der Waals surface area (Å²) in [4.78, 5) is 0. The monoisotopic (exact) mass is 245 g/mol. The van der Waals surface area contributed by atoms with Crippen molar-refractivity contribution in [2.45, 2.75) is 17.6 Å². The number of halogens is 1. The van der Waals surface area contributed by atoms with E-state index in [1.54, 1.807) is 14.2 Å². The van der Waals surface area contributed by atoms with Gasteiger partial charge in [-0.05, 0) is 0 Å². The normalized spacial score (nSPS) is 9.90. The molecular weight excluding hydrogens is 232 g/mol. The molecule has 0 heterocycles. The molecule has 0 rings (SSSR count). The maximum atomic E-state index is 5.18. The van der Waals surface area contributed by atoms with Gasteiger partial charge in [0.25, 0.3) is 0 Å². The van der Waals surface area contributed by atoms with Gasteiger partial charge in [-0.1, -0.05) is 0 Å². The van der Waals surface area contributed by atoms with Crippen LogP contribution in [0.3, 0.4) is 0 Å². The van der Waals surface area contributed by atoms with Gasteiger partial charge in [0.2, 0.25) is 0 Å². The van der Waals surface area contributed by atoms with E-state index in [0.29, 0.717) is 0 Å². The zero-order valence-corrected chi connectivity index (χ0v) is 9.67. The fourth-order valence-electron chi connectivity index (χ4n) is 0.651. The molecule has 0 spiro atoms.